The number of fused-ring (bicyclic) bond motifs is 6. The molecular weight excluding hydrogens is 521 g/mol. The smallest absolute Gasteiger partial charge is 0.131 e. The number of hydrogen-bond donors (Lipinski definition) is 0. The molecule has 1 aliphatic carbocycles. The summed E-state index contributed by atoms with van der Waals surface area (Å²) in [5.74, 6) is 2.11. The minimum atomic E-state index is -0.124. The van der Waals surface area contributed by atoms with Gasteiger partial charge in [-0.25, -0.2) is 4.39 Å². The van der Waals surface area contributed by atoms with Crippen LogP contribution in [0.1, 0.15) is 47.4 Å². The van der Waals surface area contributed by atoms with Crippen LogP contribution in [0.15, 0.2) is 97.3 Å². The Balaban J connectivity index is 0.000000265. The average Bonchev–Trinajstić information content (AvgIpc) is 3.04. The molecule has 0 bridgehead atoms. The molecular formula is C38H36FNO2. The van der Waals surface area contributed by atoms with Gasteiger partial charge in [-0.15, -0.1) is 0 Å². The first-order valence-electron chi connectivity index (χ1n) is 14.7. The standard InChI is InChI=1S/C29H29FO2.C9H7N/c1-18-16-19(11-15-26(18)30)10-12-20-6-4-7-22-21(20)13-14-23-24-8-5-9-27(31-2)29(24)28(32-3)17-25(22)23;1-2-4-9-7-10-6-5-8(9)3-1/h5,8-9,11,13-17,20H,4,6-7,10,12H2,1-3H3;1-7H/t20-;/m0./s1. The number of aromatic nitrogens is 1. The molecule has 0 spiro atoms. The summed E-state index contributed by atoms with van der Waals surface area (Å²) in [6.45, 7) is 1.84. The quantitative estimate of drug-likeness (QED) is 0.198. The van der Waals surface area contributed by atoms with Gasteiger partial charge in [-0.3, -0.25) is 4.98 Å². The van der Waals surface area contributed by atoms with Crippen molar-refractivity contribution in [1.82, 2.24) is 4.98 Å². The van der Waals surface area contributed by atoms with E-state index < -0.39 is 0 Å². The van der Waals surface area contributed by atoms with Crippen molar-refractivity contribution in [1.29, 1.82) is 0 Å². The van der Waals surface area contributed by atoms with Gasteiger partial charge in [0.25, 0.3) is 0 Å². The van der Waals surface area contributed by atoms with E-state index in [0.29, 0.717) is 5.92 Å². The normalized spacial score (nSPS) is 14.3. The molecule has 0 amide bonds. The molecule has 0 N–H and O–H groups in total. The Kier molecular flexibility index (Phi) is 8.05. The summed E-state index contributed by atoms with van der Waals surface area (Å²) in [4.78, 5) is 4.01. The first-order chi connectivity index (χ1) is 20.6. The number of pyridine rings is 1. The van der Waals surface area contributed by atoms with E-state index in [-0.39, 0.29) is 5.82 Å². The van der Waals surface area contributed by atoms with Crippen LogP contribution in [0.2, 0.25) is 0 Å². The summed E-state index contributed by atoms with van der Waals surface area (Å²) < 4.78 is 25.1. The molecule has 1 atom stereocenters. The molecule has 5 aromatic carbocycles. The predicted octanol–water partition coefficient (Wildman–Crippen LogP) is 9.75. The van der Waals surface area contributed by atoms with Crippen molar-refractivity contribution in [3.8, 4) is 11.5 Å². The topological polar surface area (TPSA) is 31.4 Å². The first kappa shape index (κ1) is 27.7. The van der Waals surface area contributed by atoms with Crippen molar-refractivity contribution in [2.45, 2.75) is 44.9 Å². The molecule has 0 radical (unpaired) electrons. The zero-order valence-electron chi connectivity index (χ0n) is 24.5. The van der Waals surface area contributed by atoms with Gasteiger partial charge in [0.05, 0.1) is 19.6 Å². The third-order valence-corrected chi connectivity index (χ3v) is 8.64. The molecule has 4 heteroatoms. The molecule has 42 heavy (non-hydrogen) atoms. The Labute approximate surface area is 246 Å². The summed E-state index contributed by atoms with van der Waals surface area (Å²) >= 11 is 0. The SMILES string of the molecule is COc1cccc2c1c(OC)cc1c3c(ccc12)[C@H](CCc1ccc(F)c(C)c1)CCC3.c1ccc2cnccc2c1. The number of halogens is 1. The number of hydrogen-bond acceptors (Lipinski definition) is 3. The molecule has 1 aliphatic rings. The van der Waals surface area contributed by atoms with Crippen molar-refractivity contribution in [3.05, 3.63) is 125 Å². The van der Waals surface area contributed by atoms with E-state index in [0.717, 1.165) is 41.7 Å². The number of aryl methyl sites for hydroxylation is 3. The summed E-state index contributed by atoms with van der Waals surface area (Å²) in [5, 5.41) is 7.20. The van der Waals surface area contributed by atoms with E-state index in [4.69, 9.17) is 9.47 Å². The molecule has 0 saturated carbocycles. The molecule has 7 rings (SSSR count). The van der Waals surface area contributed by atoms with Crippen LogP contribution in [0.25, 0.3) is 32.3 Å². The minimum Gasteiger partial charge on any atom is -0.496 e. The highest BCUT2D eigenvalue weighted by atomic mass is 19.1. The Morgan fingerprint density at radius 2 is 1.64 bits per heavy atom. The van der Waals surface area contributed by atoms with E-state index in [9.17, 15) is 4.39 Å². The van der Waals surface area contributed by atoms with Gasteiger partial charge >= 0.3 is 0 Å². The minimum absolute atomic E-state index is 0.124. The van der Waals surface area contributed by atoms with Crippen LogP contribution in [0.3, 0.4) is 0 Å². The van der Waals surface area contributed by atoms with Crippen molar-refractivity contribution in [2.75, 3.05) is 14.2 Å². The molecule has 6 aromatic rings. The Morgan fingerprint density at radius 1 is 0.810 bits per heavy atom. The molecule has 0 fully saturated rings. The van der Waals surface area contributed by atoms with Crippen molar-refractivity contribution < 1.29 is 13.9 Å². The number of ether oxygens (including phenoxy) is 2. The molecule has 212 valence electrons. The van der Waals surface area contributed by atoms with Gasteiger partial charge in [-0.1, -0.05) is 60.7 Å². The highest BCUT2D eigenvalue weighted by molar-refractivity contribution is 6.13. The number of nitrogens with zero attached hydrogens (tertiary/aromatic N) is 1. The van der Waals surface area contributed by atoms with Crippen LogP contribution >= 0.6 is 0 Å². The lowest BCUT2D eigenvalue weighted by Gasteiger charge is -2.27. The summed E-state index contributed by atoms with van der Waals surface area (Å²) in [5.41, 5.74) is 4.87. The van der Waals surface area contributed by atoms with E-state index in [1.54, 1.807) is 20.3 Å². The van der Waals surface area contributed by atoms with Gasteiger partial charge < -0.3 is 9.47 Å². The third-order valence-electron chi connectivity index (χ3n) is 8.64. The fraction of sp³-hybridized carbons (Fsp3) is 0.237. The van der Waals surface area contributed by atoms with Crippen LogP contribution in [-0.4, -0.2) is 19.2 Å². The highest BCUT2D eigenvalue weighted by Crippen LogP contribution is 2.44. The Morgan fingerprint density at radius 3 is 2.43 bits per heavy atom. The van der Waals surface area contributed by atoms with Crippen molar-refractivity contribution in [3.63, 3.8) is 0 Å². The van der Waals surface area contributed by atoms with Gasteiger partial charge in [0.1, 0.15) is 17.3 Å². The Hall–Kier alpha value is -4.44. The molecule has 0 aliphatic heterocycles. The largest absolute Gasteiger partial charge is 0.496 e. The van der Waals surface area contributed by atoms with Crippen molar-refractivity contribution >= 4 is 32.3 Å². The maximum absolute atomic E-state index is 13.6. The van der Waals surface area contributed by atoms with Crippen LogP contribution < -0.4 is 9.47 Å². The lowest BCUT2D eigenvalue weighted by atomic mass is 9.77. The lowest BCUT2D eigenvalue weighted by molar-refractivity contribution is 0.405. The zero-order valence-corrected chi connectivity index (χ0v) is 24.5. The summed E-state index contributed by atoms with van der Waals surface area (Å²) in [6, 6.07) is 28.7. The Bertz CT molecular complexity index is 1810. The van der Waals surface area contributed by atoms with E-state index in [1.807, 2.05) is 61.8 Å². The second-order valence-electron chi connectivity index (χ2n) is 11.1. The highest BCUT2D eigenvalue weighted by Gasteiger charge is 2.23. The molecule has 0 unspecified atom stereocenters. The number of benzene rings is 5. The molecule has 1 aromatic heterocycles. The van der Waals surface area contributed by atoms with Crippen molar-refractivity contribution in [2.24, 2.45) is 0 Å². The predicted molar refractivity (Wildman–Crippen MR) is 171 cm³/mol. The van der Waals surface area contributed by atoms with E-state index in [1.165, 1.54) is 56.5 Å². The number of methoxy groups -OCH3 is 2. The van der Waals surface area contributed by atoms with Gasteiger partial charge in [0.15, 0.2) is 0 Å². The fourth-order valence-corrected chi connectivity index (χ4v) is 6.50. The van der Waals surface area contributed by atoms with Crippen LogP contribution in [0, 0.1) is 12.7 Å². The molecule has 0 saturated heterocycles. The lowest BCUT2D eigenvalue weighted by Crippen LogP contribution is -2.11. The maximum atomic E-state index is 13.6. The van der Waals surface area contributed by atoms with Gasteiger partial charge in [-0.2, -0.15) is 0 Å². The van der Waals surface area contributed by atoms with Gasteiger partial charge in [0.2, 0.25) is 0 Å². The monoisotopic (exact) mass is 557 g/mol. The fourth-order valence-electron chi connectivity index (χ4n) is 6.50. The summed E-state index contributed by atoms with van der Waals surface area (Å²) in [7, 11) is 3.44. The maximum Gasteiger partial charge on any atom is 0.131 e. The third kappa shape index (κ3) is 5.42. The van der Waals surface area contributed by atoms with E-state index >= 15 is 0 Å². The zero-order chi connectivity index (χ0) is 29.1. The second-order valence-corrected chi connectivity index (χ2v) is 11.1. The second kappa shape index (κ2) is 12.2. The number of rotatable bonds is 5. The average molecular weight is 558 g/mol. The first-order valence-corrected chi connectivity index (χ1v) is 14.7. The molecule has 3 nitrogen and oxygen atoms in total. The van der Waals surface area contributed by atoms with Gasteiger partial charge in [-0.05, 0) is 118 Å². The van der Waals surface area contributed by atoms with Gasteiger partial charge in [0, 0.05) is 12.4 Å². The van der Waals surface area contributed by atoms with Crippen LogP contribution in [-0.2, 0) is 12.8 Å². The summed E-state index contributed by atoms with van der Waals surface area (Å²) in [6.07, 6.45) is 9.23. The molecule has 1 heterocycles. The van der Waals surface area contributed by atoms with Crippen LogP contribution in [0.4, 0.5) is 4.39 Å². The van der Waals surface area contributed by atoms with E-state index in [2.05, 4.69) is 41.4 Å². The van der Waals surface area contributed by atoms with Crippen LogP contribution in [0.5, 0.6) is 11.5 Å².